The highest BCUT2D eigenvalue weighted by molar-refractivity contribution is 5.87. The second kappa shape index (κ2) is 6.93. The summed E-state index contributed by atoms with van der Waals surface area (Å²) in [6.07, 6.45) is 0. The highest BCUT2D eigenvalue weighted by Gasteiger charge is 2.15. The van der Waals surface area contributed by atoms with Gasteiger partial charge >= 0.3 is 0 Å². The van der Waals surface area contributed by atoms with E-state index < -0.39 is 0 Å². The standard InChI is InChI=1S/C18H22N2O/c1-13(2)19-18(21)14(3)20-17-12-8-7-11-16(17)15-9-5-4-6-10-15/h4-14,20H,1-3H3,(H,19,21). The van der Waals surface area contributed by atoms with Gasteiger partial charge in [-0.3, -0.25) is 4.79 Å². The molecule has 0 aliphatic carbocycles. The molecule has 0 aromatic heterocycles. The minimum absolute atomic E-state index is 0.00728. The van der Waals surface area contributed by atoms with E-state index in [2.05, 4.69) is 28.8 Å². The maximum absolute atomic E-state index is 12.0. The van der Waals surface area contributed by atoms with Crippen LogP contribution < -0.4 is 10.6 Å². The summed E-state index contributed by atoms with van der Waals surface area (Å²) >= 11 is 0. The Balaban J connectivity index is 2.20. The van der Waals surface area contributed by atoms with Crippen LogP contribution in [0.15, 0.2) is 54.6 Å². The van der Waals surface area contributed by atoms with E-state index in [0.717, 1.165) is 16.8 Å². The average molecular weight is 282 g/mol. The van der Waals surface area contributed by atoms with Crippen LogP contribution in [0.3, 0.4) is 0 Å². The number of para-hydroxylation sites is 1. The molecule has 2 rings (SSSR count). The summed E-state index contributed by atoms with van der Waals surface area (Å²) in [6, 6.07) is 18.1. The molecule has 0 fully saturated rings. The Labute approximate surface area is 126 Å². The monoisotopic (exact) mass is 282 g/mol. The normalized spacial score (nSPS) is 12.0. The lowest BCUT2D eigenvalue weighted by Gasteiger charge is -2.19. The van der Waals surface area contributed by atoms with Crippen molar-refractivity contribution < 1.29 is 4.79 Å². The van der Waals surface area contributed by atoms with E-state index in [1.54, 1.807) is 0 Å². The van der Waals surface area contributed by atoms with Crippen molar-refractivity contribution in [2.24, 2.45) is 0 Å². The Bertz CT molecular complexity index is 593. The summed E-state index contributed by atoms with van der Waals surface area (Å²) in [4.78, 5) is 12.0. The minimum Gasteiger partial charge on any atom is -0.373 e. The molecule has 0 radical (unpaired) electrons. The molecule has 3 heteroatoms. The van der Waals surface area contributed by atoms with E-state index in [1.165, 1.54) is 0 Å². The first-order chi connectivity index (χ1) is 10.1. The number of benzene rings is 2. The van der Waals surface area contributed by atoms with E-state index in [0.29, 0.717) is 0 Å². The molecule has 3 nitrogen and oxygen atoms in total. The molecule has 2 N–H and O–H groups in total. The third-order valence-corrected chi connectivity index (χ3v) is 3.21. The van der Waals surface area contributed by atoms with Gasteiger partial charge in [0.2, 0.25) is 5.91 Å². The van der Waals surface area contributed by atoms with Crippen molar-refractivity contribution in [3.8, 4) is 11.1 Å². The number of hydrogen-bond donors (Lipinski definition) is 2. The summed E-state index contributed by atoms with van der Waals surface area (Å²) in [5, 5.41) is 6.22. The Morgan fingerprint density at radius 1 is 0.905 bits per heavy atom. The van der Waals surface area contributed by atoms with Crippen LogP contribution in [0.5, 0.6) is 0 Å². The Morgan fingerprint density at radius 2 is 1.52 bits per heavy atom. The van der Waals surface area contributed by atoms with Gasteiger partial charge in [-0.05, 0) is 32.4 Å². The molecule has 0 bridgehead atoms. The van der Waals surface area contributed by atoms with Crippen molar-refractivity contribution in [3.05, 3.63) is 54.6 Å². The fraction of sp³-hybridized carbons (Fsp3) is 0.278. The molecule has 0 heterocycles. The van der Waals surface area contributed by atoms with Crippen molar-refractivity contribution in [2.75, 3.05) is 5.32 Å². The molecule has 2 aromatic carbocycles. The van der Waals surface area contributed by atoms with Crippen LogP contribution in [0, 0.1) is 0 Å². The number of anilines is 1. The van der Waals surface area contributed by atoms with Crippen molar-refractivity contribution in [1.29, 1.82) is 0 Å². The highest BCUT2D eigenvalue weighted by atomic mass is 16.2. The lowest BCUT2D eigenvalue weighted by molar-refractivity contribution is -0.122. The lowest BCUT2D eigenvalue weighted by atomic mass is 10.0. The molecular formula is C18H22N2O. The van der Waals surface area contributed by atoms with Crippen LogP contribution >= 0.6 is 0 Å². The van der Waals surface area contributed by atoms with Crippen molar-refractivity contribution in [3.63, 3.8) is 0 Å². The smallest absolute Gasteiger partial charge is 0.242 e. The number of carbonyl (C=O) groups excluding carboxylic acids is 1. The van der Waals surface area contributed by atoms with Crippen molar-refractivity contribution >= 4 is 11.6 Å². The van der Waals surface area contributed by atoms with Crippen LogP contribution in [0.2, 0.25) is 0 Å². The fourth-order valence-electron chi connectivity index (χ4n) is 2.19. The topological polar surface area (TPSA) is 41.1 Å². The molecule has 2 aromatic rings. The van der Waals surface area contributed by atoms with Gasteiger partial charge in [0.15, 0.2) is 0 Å². The first-order valence-corrected chi connectivity index (χ1v) is 7.29. The van der Waals surface area contributed by atoms with Gasteiger partial charge in [-0.15, -0.1) is 0 Å². The van der Waals surface area contributed by atoms with Gasteiger partial charge < -0.3 is 10.6 Å². The summed E-state index contributed by atoms with van der Waals surface area (Å²) in [7, 11) is 0. The van der Waals surface area contributed by atoms with Gasteiger partial charge in [0.25, 0.3) is 0 Å². The second-order valence-corrected chi connectivity index (χ2v) is 5.44. The molecule has 1 unspecified atom stereocenters. The number of nitrogens with one attached hydrogen (secondary N) is 2. The van der Waals surface area contributed by atoms with E-state index in [1.807, 2.05) is 57.2 Å². The minimum atomic E-state index is -0.280. The molecule has 0 saturated heterocycles. The number of rotatable bonds is 5. The first kappa shape index (κ1) is 15.1. The van der Waals surface area contributed by atoms with Crippen LogP contribution in [-0.2, 0) is 4.79 Å². The second-order valence-electron chi connectivity index (χ2n) is 5.44. The van der Waals surface area contributed by atoms with Gasteiger partial charge in [0, 0.05) is 17.3 Å². The first-order valence-electron chi connectivity index (χ1n) is 7.29. The van der Waals surface area contributed by atoms with Crippen LogP contribution in [0.4, 0.5) is 5.69 Å². The van der Waals surface area contributed by atoms with Gasteiger partial charge in [-0.1, -0.05) is 48.5 Å². The zero-order valence-electron chi connectivity index (χ0n) is 12.8. The molecule has 0 aliphatic rings. The molecule has 21 heavy (non-hydrogen) atoms. The maximum atomic E-state index is 12.0. The summed E-state index contributed by atoms with van der Waals surface area (Å²) in [5.41, 5.74) is 3.20. The summed E-state index contributed by atoms with van der Waals surface area (Å²) < 4.78 is 0. The summed E-state index contributed by atoms with van der Waals surface area (Å²) in [6.45, 7) is 5.80. The third-order valence-electron chi connectivity index (χ3n) is 3.21. The largest absolute Gasteiger partial charge is 0.373 e. The lowest BCUT2D eigenvalue weighted by Crippen LogP contribution is -2.41. The number of hydrogen-bond acceptors (Lipinski definition) is 2. The molecule has 0 spiro atoms. The van der Waals surface area contributed by atoms with E-state index in [4.69, 9.17) is 0 Å². The van der Waals surface area contributed by atoms with E-state index >= 15 is 0 Å². The SMILES string of the molecule is CC(C)NC(=O)C(C)Nc1ccccc1-c1ccccc1. The Kier molecular flexibility index (Phi) is 4.99. The summed E-state index contributed by atoms with van der Waals surface area (Å²) in [5.74, 6) is 0.00728. The van der Waals surface area contributed by atoms with E-state index in [9.17, 15) is 4.79 Å². The van der Waals surface area contributed by atoms with Crippen LogP contribution in [-0.4, -0.2) is 18.0 Å². The zero-order chi connectivity index (χ0) is 15.2. The van der Waals surface area contributed by atoms with Crippen LogP contribution in [0.25, 0.3) is 11.1 Å². The molecular weight excluding hydrogens is 260 g/mol. The Morgan fingerprint density at radius 3 is 2.19 bits per heavy atom. The maximum Gasteiger partial charge on any atom is 0.242 e. The van der Waals surface area contributed by atoms with Gasteiger partial charge in [-0.2, -0.15) is 0 Å². The van der Waals surface area contributed by atoms with Gasteiger partial charge in [0.1, 0.15) is 6.04 Å². The molecule has 1 amide bonds. The predicted molar refractivity (Wildman–Crippen MR) is 88.2 cm³/mol. The fourth-order valence-corrected chi connectivity index (χ4v) is 2.19. The van der Waals surface area contributed by atoms with Gasteiger partial charge in [0.05, 0.1) is 0 Å². The zero-order valence-corrected chi connectivity index (χ0v) is 12.8. The van der Waals surface area contributed by atoms with Crippen molar-refractivity contribution in [2.45, 2.75) is 32.9 Å². The Hall–Kier alpha value is -2.29. The van der Waals surface area contributed by atoms with Gasteiger partial charge in [-0.25, -0.2) is 0 Å². The third kappa shape index (κ3) is 4.09. The highest BCUT2D eigenvalue weighted by Crippen LogP contribution is 2.27. The molecule has 110 valence electrons. The average Bonchev–Trinajstić information content (AvgIpc) is 2.48. The molecule has 0 aliphatic heterocycles. The number of carbonyl (C=O) groups is 1. The molecule has 0 saturated carbocycles. The molecule has 1 atom stereocenters. The predicted octanol–water partition coefficient (Wildman–Crippen LogP) is 3.68. The quantitative estimate of drug-likeness (QED) is 0.878. The number of amides is 1. The van der Waals surface area contributed by atoms with Crippen LogP contribution in [0.1, 0.15) is 20.8 Å². The van der Waals surface area contributed by atoms with Crippen molar-refractivity contribution in [1.82, 2.24) is 5.32 Å². The van der Waals surface area contributed by atoms with E-state index in [-0.39, 0.29) is 18.0 Å².